The van der Waals surface area contributed by atoms with Gasteiger partial charge in [-0.25, -0.2) is 18.4 Å². The number of hydrogen-bond donors (Lipinski definition) is 1. The number of anilines is 1. The van der Waals surface area contributed by atoms with Crippen LogP contribution >= 0.6 is 0 Å². The molecule has 4 rings (SSSR count). The standard InChI is InChI=1S/C20H27N5O2S/c1-21-20-17-10-12-25(28(26,27)16-8-4-3-5-9-16)14-18(17)22-19(23-20)15-7-6-11-24(2)13-15/h3-5,8-9,15H,6-7,10-14H2,1-2H3,(H,21,22,23). The molecular formula is C20H27N5O2S. The molecule has 0 radical (unpaired) electrons. The van der Waals surface area contributed by atoms with Gasteiger partial charge < -0.3 is 10.2 Å². The molecule has 1 aromatic heterocycles. The van der Waals surface area contributed by atoms with E-state index in [0.717, 1.165) is 48.8 Å². The van der Waals surface area contributed by atoms with Crippen molar-refractivity contribution >= 4 is 15.8 Å². The van der Waals surface area contributed by atoms with Crippen molar-refractivity contribution in [3.8, 4) is 0 Å². The van der Waals surface area contributed by atoms with Crippen LogP contribution in [0.15, 0.2) is 35.2 Å². The fourth-order valence-electron chi connectivity index (χ4n) is 4.14. The average molecular weight is 402 g/mol. The molecule has 2 aromatic rings. The van der Waals surface area contributed by atoms with Crippen molar-refractivity contribution in [2.75, 3.05) is 39.0 Å². The summed E-state index contributed by atoms with van der Waals surface area (Å²) in [5, 5.41) is 3.20. The lowest BCUT2D eigenvalue weighted by molar-refractivity contribution is 0.245. The van der Waals surface area contributed by atoms with Crippen LogP contribution < -0.4 is 5.32 Å². The molecule has 28 heavy (non-hydrogen) atoms. The van der Waals surface area contributed by atoms with E-state index in [1.165, 1.54) is 4.31 Å². The van der Waals surface area contributed by atoms with Crippen molar-refractivity contribution < 1.29 is 8.42 Å². The van der Waals surface area contributed by atoms with Gasteiger partial charge in [0.05, 0.1) is 17.1 Å². The molecule has 0 saturated carbocycles. The number of nitrogens with one attached hydrogen (secondary N) is 1. The Morgan fingerprint density at radius 1 is 1.14 bits per heavy atom. The molecule has 0 amide bonds. The normalized spacial score (nSPS) is 21.3. The molecule has 1 fully saturated rings. The highest BCUT2D eigenvalue weighted by molar-refractivity contribution is 7.89. The molecule has 2 aliphatic heterocycles. The van der Waals surface area contributed by atoms with Gasteiger partial charge in [0.2, 0.25) is 10.0 Å². The van der Waals surface area contributed by atoms with Gasteiger partial charge in [0.25, 0.3) is 0 Å². The fourth-order valence-corrected chi connectivity index (χ4v) is 5.56. The number of nitrogens with zero attached hydrogens (tertiary/aromatic N) is 4. The first-order valence-corrected chi connectivity index (χ1v) is 11.2. The van der Waals surface area contributed by atoms with Crippen LogP contribution in [0.2, 0.25) is 0 Å². The summed E-state index contributed by atoms with van der Waals surface area (Å²) in [6.45, 7) is 2.77. The van der Waals surface area contributed by atoms with E-state index in [0.29, 0.717) is 24.4 Å². The third-order valence-corrected chi connectivity index (χ3v) is 7.51. The second-order valence-corrected chi connectivity index (χ2v) is 9.55. The zero-order chi connectivity index (χ0) is 19.7. The third-order valence-electron chi connectivity index (χ3n) is 5.65. The quantitative estimate of drug-likeness (QED) is 0.845. The number of likely N-dealkylation sites (tertiary alicyclic amines) is 1. The summed E-state index contributed by atoms with van der Waals surface area (Å²) in [4.78, 5) is 12.3. The van der Waals surface area contributed by atoms with E-state index in [-0.39, 0.29) is 5.92 Å². The summed E-state index contributed by atoms with van der Waals surface area (Å²) < 4.78 is 27.6. The highest BCUT2D eigenvalue weighted by Crippen LogP contribution is 2.31. The minimum atomic E-state index is -3.53. The van der Waals surface area contributed by atoms with Gasteiger partial charge in [-0.3, -0.25) is 0 Å². The van der Waals surface area contributed by atoms with E-state index in [1.807, 2.05) is 13.1 Å². The van der Waals surface area contributed by atoms with Gasteiger partial charge >= 0.3 is 0 Å². The molecule has 0 spiro atoms. The Hall–Kier alpha value is -2.03. The van der Waals surface area contributed by atoms with Crippen LogP contribution in [0.5, 0.6) is 0 Å². The van der Waals surface area contributed by atoms with Crippen molar-refractivity contribution in [1.82, 2.24) is 19.2 Å². The Labute approximate surface area is 166 Å². The van der Waals surface area contributed by atoms with Crippen molar-refractivity contribution in [2.24, 2.45) is 0 Å². The predicted molar refractivity (Wildman–Crippen MR) is 109 cm³/mol. The van der Waals surface area contributed by atoms with Gasteiger partial charge in [-0.1, -0.05) is 18.2 Å². The van der Waals surface area contributed by atoms with Gasteiger partial charge in [0, 0.05) is 31.6 Å². The van der Waals surface area contributed by atoms with Crippen molar-refractivity contribution in [3.63, 3.8) is 0 Å². The number of likely N-dealkylation sites (N-methyl/N-ethyl adjacent to an activating group) is 1. The number of hydrogen-bond acceptors (Lipinski definition) is 6. The van der Waals surface area contributed by atoms with Gasteiger partial charge in [-0.2, -0.15) is 4.31 Å². The van der Waals surface area contributed by atoms with Crippen LogP contribution in [0.1, 0.15) is 35.8 Å². The highest BCUT2D eigenvalue weighted by atomic mass is 32.2. The Morgan fingerprint density at radius 2 is 1.93 bits per heavy atom. The number of piperidine rings is 1. The molecule has 1 saturated heterocycles. The smallest absolute Gasteiger partial charge is 0.243 e. The first-order valence-electron chi connectivity index (χ1n) is 9.80. The number of benzene rings is 1. The van der Waals surface area contributed by atoms with E-state index in [2.05, 4.69) is 17.3 Å². The molecule has 1 aromatic carbocycles. The summed E-state index contributed by atoms with van der Waals surface area (Å²) >= 11 is 0. The SMILES string of the molecule is CNc1nc(C2CCCN(C)C2)nc2c1CCN(S(=O)(=O)c1ccccc1)C2. The number of rotatable bonds is 4. The number of fused-ring (bicyclic) bond motifs is 1. The second kappa shape index (κ2) is 7.77. The molecule has 1 N–H and O–H groups in total. The van der Waals surface area contributed by atoms with E-state index in [4.69, 9.17) is 9.97 Å². The molecule has 1 unspecified atom stereocenters. The monoisotopic (exact) mass is 401 g/mol. The molecular weight excluding hydrogens is 374 g/mol. The lowest BCUT2D eigenvalue weighted by atomic mass is 9.96. The van der Waals surface area contributed by atoms with E-state index < -0.39 is 10.0 Å². The fraction of sp³-hybridized carbons (Fsp3) is 0.500. The highest BCUT2D eigenvalue weighted by Gasteiger charge is 2.32. The maximum Gasteiger partial charge on any atom is 0.243 e. The lowest BCUT2D eigenvalue weighted by Crippen LogP contribution is -2.37. The molecule has 3 heterocycles. The van der Waals surface area contributed by atoms with Crippen molar-refractivity contribution in [2.45, 2.75) is 36.6 Å². The summed E-state index contributed by atoms with van der Waals surface area (Å²) in [5.41, 5.74) is 1.86. The summed E-state index contributed by atoms with van der Waals surface area (Å²) in [5.74, 6) is 1.95. The Bertz CT molecular complexity index is 949. The summed E-state index contributed by atoms with van der Waals surface area (Å²) in [6.07, 6.45) is 2.81. The topological polar surface area (TPSA) is 78.4 Å². The zero-order valence-corrected chi connectivity index (χ0v) is 17.2. The van der Waals surface area contributed by atoms with E-state index in [1.54, 1.807) is 24.3 Å². The summed E-state index contributed by atoms with van der Waals surface area (Å²) in [7, 11) is 0.464. The van der Waals surface area contributed by atoms with Crippen LogP contribution in [0.3, 0.4) is 0 Å². The van der Waals surface area contributed by atoms with Crippen molar-refractivity contribution in [1.29, 1.82) is 0 Å². The maximum absolute atomic E-state index is 13.0. The number of aromatic nitrogens is 2. The lowest BCUT2D eigenvalue weighted by Gasteiger charge is -2.31. The maximum atomic E-state index is 13.0. The molecule has 7 nitrogen and oxygen atoms in total. The first-order chi connectivity index (χ1) is 13.5. The molecule has 1 atom stereocenters. The number of sulfonamides is 1. The Morgan fingerprint density at radius 3 is 2.64 bits per heavy atom. The van der Waals surface area contributed by atoms with Crippen molar-refractivity contribution in [3.05, 3.63) is 47.4 Å². The first kappa shape index (κ1) is 19.3. The van der Waals surface area contributed by atoms with Gasteiger partial charge in [0.1, 0.15) is 11.6 Å². The Kier molecular flexibility index (Phi) is 5.35. The van der Waals surface area contributed by atoms with Crippen LogP contribution in [0, 0.1) is 0 Å². The molecule has 2 aliphatic rings. The third kappa shape index (κ3) is 3.64. The minimum absolute atomic E-state index is 0.289. The van der Waals surface area contributed by atoms with Crippen LogP contribution in [0.4, 0.5) is 5.82 Å². The predicted octanol–water partition coefficient (Wildman–Crippen LogP) is 2.07. The molecule has 8 heteroatoms. The molecule has 0 aliphatic carbocycles. The van der Waals surface area contributed by atoms with Crippen LogP contribution in [-0.2, 0) is 23.0 Å². The van der Waals surface area contributed by atoms with Gasteiger partial charge in [-0.05, 0) is 45.0 Å². The van der Waals surface area contributed by atoms with E-state index in [9.17, 15) is 8.42 Å². The average Bonchev–Trinajstić information content (AvgIpc) is 2.73. The van der Waals surface area contributed by atoms with E-state index >= 15 is 0 Å². The molecule has 150 valence electrons. The van der Waals surface area contributed by atoms with Crippen LogP contribution in [0.25, 0.3) is 0 Å². The second-order valence-electron chi connectivity index (χ2n) is 7.61. The largest absolute Gasteiger partial charge is 0.373 e. The van der Waals surface area contributed by atoms with Gasteiger partial charge in [-0.15, -0.1) is 0 Å². The minimum Gasteiger partial charge on any atom is -0.373 e. The molecule has 0 bridgehead atoms. The summed E-state index contributed by atoms with van der Waals surface area (Å²) in [6, 6.07) is 8.62. The Balaban J connectivity index is 1.66. The van der Waals surface area contributed by atoms with Crippen LogP contribution in [-0.4, -0.2) is 61.3 Å². The van der Waals surface area contributed by atoms with Gasteiger partial charge in [0.15, 0.2) is 0 Å². The zero-order valence-electron chi connectivity index (χ0n) is 16.4.